The Labute approximate surface area is 184 Å². The Balaban J connectivity index is 1.99. The summed E-state index contributed by atoms with van der Waals surface area (Å²) in [5.74, 6) is 0.184. The molecule has 0 unspecified atom stereocenters. The molecule has 0 bridgehead atoms. The Bertz CT molecular complexity index is 778. The van der Waals surface area contributed by atoms with Crippen molar-refractivity contribution in [1.82, 2.24) is 5.32 Å². The number of rotatable bonds is 13. The van der Waals surface area contributed by atoms with Gasteiger partial charge in [0.2, 0.25) is 0 Å². The Kier molecular flexibility index (Phi) is 10.6. The normalized spacial score (nSPS) is 11.2. The van der Waals surface area contributed by atoms with Crippen molar-refractivity contribution >= 4 is 37.1 Å². The molecule has 0 saturated carbocycles. The predicted octanol–water partition coefficient (Wildman–Crippen LogP) is 4.75. The van der Waals surface area contributed by atoms with Gasteiger partial charge in [-0.15, -0.1) is 23.5 Å². The fourth-order valence-electron chi connectivity index (χ4n) is 2.03. The number of hydrogen-bond donors (Lipinski definition) is 1. The Morgan fingerprint density at radius 3 is 1.77 bits per heavy atom. The minimum Gasteiger partial charge on any atom is -0.465 e. The lowest BCUT2D eigenvalue weighted by Crippen LogP contribution is -2.27. The van der Waals surface area contributed by atoms with E-state index in [1.807, 2.05) is 36.8 Å². The van der Waals surface area contributed by atoms with Crippen molar-refractivity contribution < 1.29 is 33.2 Å². The third-order valence-corrected chi connectivity index (χ3v) is 6.19. The number of esters is 1. The molecule has 2 aromatic carbocycles. The van der Waals surface area contributed by atoms with E-state index in [0.29, 0.717) is 11.5 Å². The van der Waals surface area contributed by atoms with E-state index >= 15 is 0 Å². The lowest BCUT2D eigenvalue weighted by atomic mass is 10.3. The molecule has 0 aliphatic rings. The summed E-state index contributed by atoms with van der Waals surface area (Å²) in [4.78, 5) is 23.9. The van der Waals surface area contributed by atoms with Crippen molar-refractivity contribution in [1.29, 1.82) is 0 Å². The number of thioether (sulfide) groups is 2. The van der Waals surface area contributed by atoms with E-state index < -0.39 is 13.6 Å². The molecule has 0 aliphatic carbocycles. The van der Waals surface area contributed by atoms with E-state index in [0.717, 1.165) is 9.79 Å². The molecule has 2 aromatic rings. The second kappa shape index (κ2) is 12.9. The minimum atomic E-state index is -3.94. The van der Waals surface area contributed by atoms with Crippen LogP contribution in [-0.4, -0.2) is 37.9 Å². The zero-order valence-corrected chi connectivity index (χ0v) is 19.4. The molecule has 0 heterocycles. The average Bonchev–Trinajstić information content (AvgIpc) is 2.77. The SMILES string of the molecule is CCOC(=O)CNCP(=O)(OOc1ccc(SC)cc1)OOc1ccc(SC)cc1. The molecule has 0 saturated heterocycles. The van der Waals surface area contributed by atoms with Crippen LogP contribution in [0.25, 0.3) is 0 Å². The van der Waals surface area contributed by atoms with Crippen molar-refractivity contribution in [3.05, 3.63) is 48.5 Å². The number of carbonyl (C=O) groups excluding carboxylic acids is 1. The number of carbonyl (C=O) groups is 1. The molecule has 0 aromatic heterocycles. The lowest BCUT2D eigenvalue weighted by Gasteiger charge is -2.17. The summed E-state index contributed by atoms with van der Waals surface area (Å²) in [7, 11) is -3.94. The van der Waals surface area contributed by atoms with Gasteiger partial charge >= 0.3 is 13.6 Å². The molecule has 0 atom stereocenters. The highest BCUT2D eigenvalue weighted by atomic mass is 32.2. The highest BCUT2D eigenvalue weighted by Crippen LogP contribution is 2.47. The third kappa shape index (κ3) is 8.59. The first kappa shape index (κ1) is 24.6. The smallest absolute Gasteiger partial charge is 0.418 e. The largest absolute Gasteiger partial charge is 0.465 e. The van der Waals surface area contributed by atoms with Gasteiger partial charge in [0.25, 0.3) is 0 Å². The lowest BCUT2D eigenvalue weighted by molar-refractivity contribution is -0.171. The fourth-order valence-corrected chi connectivity index (χ4v) is 3.77. The van der Waals surface area contributed by atoms with Gasteiger partial charge in [0.05, 0.1) is 13.2 Å². The second-order valence-corrected chi connectivity index (χ2v) is 9.26. The molecule has 11 heteroatoms. The van der Waals surface area contributed by atoms with Crippen LogP contribution in [0.5, 0.6) is 11.5 Å². The van der Waals surface area contributed by atoms with Crippen LogP contribution < -0.4 is 15.1 Å². The quantitative estimate of drug-likeness (QED) is 0.144. The molecule has 30 heavy (non-hydrogen) atoms. The summed E-state index contributed by atoms with van der Waals surface area (Å²) >= 11 is 3.15. The Hall–Kier alpha value is -1.68. The number of ether oxygens (including phenoxy) is 1. The maximum atomic E-state index is 13.0. The van der Waals surface area contributed by atoms with Crippen LogP contribution in [0.4, 0.5) is 0 Å². The van der Waals surface area contributed by atoms with Crippen molar-refractivity contribution in [2.45, 2.75) is 16.7 Å². The van der Waals surface area contributed by atoms with Gasteiger partial charge in [-0.3, -0.25) is 14.7 Å². The van der Waals surface area contributed by atoms with Crippen LogP contribution in [0, 0.1) is 0 Å². The molecule has 1 N–H and O–H groups in total. The molecule has 0 radical (unpaired) electrons. The molecule has 0 amide bonds. The van der Waals surface area contributed by atoms with E-state index in [-0.39, 0.29) is 19.4 Å². The zero-order chi connectivity index (χ0) is 21.8. The van der Waals surface area contributed by atoms with Gasteiger partial charge in [-0.25, -0.2) is 0 Å². The highest BCUT2D eigenvalue weighted by molar-refractivity contribution is 7.98. The van der Waals surface area contributed by atoms with Gasteiger partial charge in [-0.05, 0) is 68.0 Å². The third-order valence-electron chi connectivity index (χ3n) is 3.49. The van der Waals surface area contributed by atoms with Gasteiger partial charge in [-0.1, -0.05) is 9.35 Å². The van der Waals surface area contributed by atoms with Crippen molar-refractivity contribution in [3.8, 4) is 11.5 Å². The molecule has 0 fully saturated rings. The van der Waals surface area contributed by atoms with Gasteiger partial charge in [0.1, 0.15) is 6.29 Å². The van der Waals surface area contributed by atoms with Crippen LogP contribution in [0.2, 0.25) is 0 Å². The Morgan fingerprint density at radius 1 is 0.900 bits per heavy atom. The van der Waals surface area contributed by atoms with Gasteiger partial charge in [-0.2, -0.15) is 0 Å². The minimum absolute atomic E-state index is 0.171. The van der Waals surface area contributed by atoms with Crippen LogP contribution >= 0.6 is 31.1 Å². The molecule has 164 valence electrons. The first-order valence-electron chi connectivity index (χ1n) is 8.94. The summed E-state index contributed by atoms with van der Waals surface area (Å²) in [5, 5.41) is 2.67. The maximum Gasteiger partial charge on any atom is 0.418 e. The molecule has 0 spiro atoms. The summed E-state index contributed by atoms with van der Waals surface area (Å²) in [6.45, 7) is 1.77. The van der Waals surface area contributed by atoms with Crippen LogP contribution in [0.15, 0.2) is 58.3 Å². The first-order chi connectivity index (χ1) is 14.5. The highest BCUT2D eigenvalue weighted by Gasteiger charge is 2.30. The van der Waals surface area contributed by atoms with E-state index in [9.17, 15) is 9.36 Å². The van der Waals surface area contributed by atoms with E-state index in [1.54, 1.807) is 54.7 Å². The predicted molar refractivity (Wildman–Crippen MR) is 117 cm³/mol. The van der Waals surface area contributed by atoms with Crippen LogP contribution in [-0.2, 0) is 23.4 Å². The number of hydrogen-bond acceptors (Lipinski definition) is 10. The number of benzene rings is 2. The van der Waals surface area contributed by atoms with E-state index in [4.69, 9.17) is 23.9 Å². The first-order valence-corrected chi connectivity index (χ1v) is 13.1. The Morgan fingerprint density at radius 2 is 1.37 bits per heavy atom. The second-order valence-electron chi connectivity index (χ2n) is 5.67. The molecule has 2 rings (SSSR count). The fraction of sp³-hybridized carbons (Fsp3) is 0.316. The summed E-state index contributed by atoms with van der Waals surface area (Å²) in [6.07, 6.45) is 3.57. The van der Waals surface area contributed by atoms with Gasteiger partial charge in [0, 0.05) is 9.79 Å². The topological polar surface area (TPSA) is 92.3 Å². The van der Waals surface area contributed by atoms with Crippen LogP contribution in [0.1, 0.15) is 6.92 Å². The summed E-state index contributed by atoms with van der Waals surface area (Å²) < 4.78 is 28.0. The maximum absolute atomic E-state index is 13.0. The van der Waals surface area contributed by atoms with Crippen molar-refractivity contribution in [2.75, 3.05) is 31.9 Å². The van der Waals surface area contributed by atoms with E-state index in [1.165, 1.54) is 0 Å². The summed E-state index contributed by atoms with van der Waals surface area (Å²) in [5.41, 5.74) is 0. The van der Waals surface area contributed by atoms with E-state index in [2.05, 4.69) is 5.32 Å². The standard InChI is InChI=1S/C19H24NO7PS2/c1-4-23-19(21)13-20-14-28(22,26-24-15-5-9-17(29-2)10-6-15)27-25-16-7-11-18(30-3)12-8-16/h5-12,20H,4,13-14H2,1-3H3. The average molecular weight is 474 g/mol. The van der Waals surface area contributed by atoms with Gasteiger partial charge in [0.15, 0.2) is 11.5 Å². The molecular weight excluding hydrogens is 449 g/mol. The van der Waals surface area contributed by atoms with Crippen LogP contribution in [0.3, 0.4) is 0 Å². The zero-order valence-electron chi connectivity index (χ0n) is 16.9. The molecule has 8 nitrogen and oxygen atoms in total. The molecule has 0 aliphatic heterocycles. The summed E-state index contributed by atoms with van der Waals surface area (Å²) in [6, 6.07) is 14.0. The monoisotopic (exact) mass is 473 g/mol. The van der Waals surface area contributed by atoms with Crippen molar-refractivity contribution in [3.63, 3.8) is 0 Å². The number of nitrogens with one attached hydrogen (secondary N) is 1. The van der Waals surface area contributed by atoms with Gasteiger partial charge < -0.3 is 14.5 Å². The molecular formula is C19H24NO7PS2. The van der Waals surface area contributed by atoms with Crippen molar-refractivity contribution in [2.24, 2.45) is 0 Å².